The van der Waals surface area contributed by atoms with Crippen molar-refractivity contribution in [1.29, 1.82) is 0 Å². The van der Waals surface area contributed by atoms with Crippen LogP contribution in [0.2, 0.25) is 4.34 Å². The van der Waals surface area contributed by atoms with Gasteiger partial charge in [-0.1, -0.05) is 35.9 Å². The molecular formula is C19H16ClNO2S2. The van der Waals surface area contributed by atoms with Crippen molar-refractivity contribution in [3.8, 4) is 21.6 Å². The molecule has 0 radical (unpaired) electrons. The molecule has 0 N–H and O–H groups in total. The molecule has 0 aliphatic rings. The fraction of sp³-hybridized carbons (Fsp3) is 0.105. The zero-order chi connectivity index (χ0) is 18.0. The van der Waals surface area contributed by atoms with Crippen LogP contribution in [-0.4, -0.2) is 23.9 Å². The Morgan fingerprint density at radius 2 is 1.64 bits per heavy atom. The average molecular weight is 390 g/mol. The highest BCUT2D eigenvalue weighted by atomic mass is 35.5. The van der Waals surface area contributed by atoms with E-state index >= 15 is 0 Å². The highest BCUT2D eigenvalue weighted by Crippen LogP contribution is 2.41. The molecule has 1 amide bonds. The minimum absolute atomic E-state index is 0.710. The largest absolute Gasteiger partial charge is 0.318 e. The third-order valence-electron chi connectivity index (χ3n) is 3.89. The van der Waals surface area contributed by atoms with Gasteiger partial charge in [-0.25, -0.2) is 0 Å². The number of hydrogen-bond acceptors (Lipinski definition) is 3. The van der Waals surface area contributed by atoms with Crippen LogP contribution in [0, 0.1) is 0 Å². The van der Waals surface area contributed by atoms with Crippen LogP contribution in [0.5, 0.6) is 0 Å². The van der Waals surface area contributed by atoms with Gasteiger partial charge in [0.25, 0.3) is 0 Å². The van der Waals surface area contributed by atoms with Crippen LogP contribution in [0.3, 0.4) is 0 Å². The van der Waals surface area contributed by atoms with Gasteiger partial charge in [-0.3, -0.25) is 9.00 Å². The minimum atomic E-state index is -0.995. The Kier molecular flexibility index (Phi) is 5.37. The fourth-order valence-corrected chi connectivity index (χ4v) is 4.30. The highest BCUT2D eigenvalue weighted by molar-refractivity contribution is 7.84. The zero-order valence-corrected chi connectivity index (χ0v) is 16.1. The van der Waals surface area contributed by atoms with E-state index in [0.717, 1.165) is 38.6 Å². The third kappa shape index (κ3) is 3.84. The second-order valence-electron chi connectivity index (χ2n) is 5.54. The topological polar surface area (TPSA) is 37.4 Å². The van der Waals surface area contributed by atoms with E-state index < -0.39 is 10.8 Å². The van der Waals surface area contributed by atoms with Gasteiger partial charge in [0, 0.05) is 45.1 Å². The van der Waals surface area contributed by atoms with Gasteiger partial charge in [0.2, 0.25) is 6.41 Å². The maximum absolute atomic E-state index is 11.6. The molecule has 1 aromatic heterocycles. The van der Waals surface area contributed by atoms with Crippen molar-refractivity contribution < 1.29 is 9.00 Å². The number of anilines is 1. The number of benzene rings is 2. The number of carbonyl (C=O) groups excluding carboxylic acids is 1. The third-order valence-corrected chi connectivity index (χ3v) is 6.14. The lowest BCUT2D eigenvalue weighted by molar-refractivity contribution is -0.107. The molecule has 3 nitrogen and oxygen atoms in total. The van der Waals surface area contributed by atoms with E-state index in [1.807, 2.05) is 54.6 Å². The van der Waals surface area contributed by atoms with Crippen molar-refractivity contribution in [3.05, 3.63) is 58.9 Å². The molecule has 0 spiro atoms. The number of rotatable bonds is 5. The van der Waals surface area contributed by atoms with Crippen LogP contribution < -0.4 is 4.90 Å². The summed E-state index contributed by atoms with van der Waals surface area (Å²) in [5, 5.41) is 0. The van der Waals surface area contributed by atoms with E-state index in [1.54, 1.807) is 13.3 Å². The van der Waals surface area contributed by atoms with Crippen molar-refractivity contribution in [2.24, 2.45) is 0 Å². The van der Waals surface area contributed by atoms with E-state index in [4.69, 9.17) is 11.6 Å². The quantitative estimate of drug-likeness (QED) is 0.571. The summed E-state index contributed by atoms with van der Waals surface area (Å²) in [6.45, 7) is 0. The van der Waals surface area contributed by atoms with Crippen LogP contribution in [0.25, 0.3) is 21.6 Å². The maximum Gasteiger partial charge on any atom is 0.213 e. The lowest BCUT2D eigenvalue weighted by Crippen LogP contribution is -2.13. The normalized spacial score (nSPS) is 12.0. The van der Waals surface area contributed by atoms with Crippen LogP contribution in [0.1, 0.15) is 0 Å². The Hall–Kier alpha value is -1.95. The number of halogens is 1. The van der Waals surface area contributed by atoms with Crippen LogP contribution in [-0.2, 0) is 15.6 Å². The molecule has 0 aliphatic heterocycles. The molecule has 0 fully saturated rings. The summed E-state index contributed by atoms with van der Waals surface area (Å²) in [7, 11) is 0.722. The molecule has 0 saturated heterocycles. The Balaban J connectivity index is 2.01. The van der Waals surface area contributed by atoms with Gasteiger partial charge in [0.05, 0.1) is 4.34 Å². The van der Waals surface area contributed by atoms with Gasteiger partial charge >= 0.3 is 0 Å². The molecule has 25 heavy (non-hydrogen) atoms. The molecular weight excluding hydrogens is 374 g/mol. The lowest BCUT2D eigenvalue weighted by atomic mass is 10.0. The molecule has 6 heteroatoms. The SMILES string of the molecule is CN(C=O)c1ccc(-c2sc(Cl)cc2-c2ccc(S(C)=O)cc2)cc1. The van der Waals surface area contributed by atoms with E-state index in [2.05, 4.69) is 0 Å². The molecule has 1 heterocycles. The van der Waals surface area contributed by atoms with Gasteiger partial charge < -0.3 is 4.90 Å². The number of nitrogens with zero attached hydrogens (tertiary/aromatic N) is 1. The summed E-state index contributed by atoms with van der Waals surface area (Å²) in [4.78, 5) is 14.3. The second-order valence-corrected chi connectivity index (χ2v) is 8.60. The van der Waals surface area contributed by atoms with Crippen LogP contribution >= 0.6 is 22.9 Å². The lowest BCUT2D eigenvalue weighted by Gasteiger charge is -2.11. The van der Waals surface area contributed by atoms with Gasteiger partial charge in [0.1, 0.15) is 0 Å². The Morgan fingerprint density at radius 3 is 2.20 bits per heavy atom. The summed E-state index contributed by atoms with van der Waals surface area (Å²) in [5.74, 6) is 0. The van der Waals surface area contributed by atoms with E-state index in [0.29, 0.717) is 4.34 Å². The average Bonchev–Trinajstić information content (AvgIpc) is 3.03. The van der Waals surface area contributed by atoms with Crippen molar-refractivity contribution >= 4 is 45.8 Å². The molecule has 1 unspecified atom stereocenters. The molecule has 1 atom stereocenters. The van der Waals surface area contributed by atoms with Crippen LogP contribution in [0.15, 0.2) is 59.5 Å². The Morgan fingerprint density at radius 1 is 1.04 bits per heavy atom. The molecule has 3 aromatic rings. The number of hydrogen-bond donors (Lipinski definition) is 0. The molecule has 3 rings (SSSR count). The van der Waals surface area contributed by atoms with Crippen LogP contribution in [0.4, 0.5) is 5.69 Å². The fourth-order valence-electron chi connectivity index (χ4n) is 2.52. The number of carbonyl (C=O) groups is 1. The summed E-state index contributed by atoms with van der Waals surface area (Å²) in [6.07, 6.45) is 2.45. The summed E-state index contributed by atoms with van der Waals surface area (Å²) < 4.78 is 12.3. The van der Waals surface area contributed by atoms with Gasteiger partial charge in [0.15, 0.2) is 0 Å². The first-order valence-corrected chi connectivity index (χ1v) is 10.3. The molecule has 0 aliphatic carbocycles. The monoisotopic (exact) mass is 389 g/mol. The Bertz CT molecular complexity index is 918. The first-order chi connectivity index (χ1) is 12.0. The summed E-state index contributed by atoms with van der Waals surface area (Å²) >= 11 is 7.78. The number of thiophene rings is 1. The molecule has 0 saturated carbocycles. The zero-order valence-electron chi connectivity index (χ0n) is 13.7. The molecule has 2 aromatic carbocycles. The van der Waals surface area contributed by atoms with Gasteiger partial charge in [-0.15, -0.1) is 11.3 Å². The molecule has 128 valence electrons. The predicted molar refractivity (Wildman–Crippen MR) is 107 cm³/mol. The number of amides is 1. The minimum Gasteiger partial charge on any atom is -0.318 e. The second kappa shape index (κ2) is 7.52. The van der Waals surface area contributed by atoms with Crippen molar-refractivity contribution in [2.75, 3.05) is 18.2 Å². The standard InChI is InChI=1S/C19H16ClNO2S2/c1-21(12-22)15-7-3-14(4-8-15)19-17(11-18(20)24-19)13-5-9-16(10-6-13)25(2)23/h3-12H,1-2H3. The first kappa shape index (κ1) is 17.9. The first-order valence-electron chi connectivity index (χ1n) is 7.51. The Labute approximate surface area is 158 Å². The highest BCUT2D eigenvalue weighted by Gasteiger charge is 2.13. The van der Waals surface area contributed by atoms with E-state index in [-0.39, 0.29) is 0 Å². The summed E-state index contributed by atoms with van der Waals surface area (Å²) in [5.41, 5.74) is 3.94. The van der Waals surface area contributed by atoms with Crippen molar-refractivity contribution in [2.45, 2.75) is 4.90 Å². The maximum atomic E-state index is 11.6. The summed E-state index contributed by atoms with van der Waals surface area (Å²) in [6, 6.07) is 17.4. The van der Waals surface area contributed by atoms with Crippen molar-refractivity contribution in [1.82, 2.24) is 0 Å². The van der Waals surface area contributed by atoms with Gasteiger partial charge in [-0.05, 0) is 41.5 Å². The van der Waals surface area contributed by atoms with E-state index in [1.165, 1.54) is 16.2 Å². The predicted octanol–water partition coefficient (Wildman–Crippen LogP) is 5.07. The van der Waals surface area contributed by atoms with E-state index in [9.17, 15) is 9.00 Å². The molecule has 0 bridgehead atoms. The van der Waals surface area contributed by atoms with Gasteiger partial charge in [-0.2, -0.15) is 0 Å². The smallest absolute Gasteiger partial charge is 0.213 e. The van der Waals surface area contributed by atoms with Crippen molar-refractivity contribution in [3.63, 3.8) is 0 Å².